The number of hydrogen-bond acceptors (Lipinski definition) is 6. The van der Waals surface area contributed by atoms with E-state index in [9.17, 15) is 18.5 Å². The van der Waals surface area contributed by atoms with Gasteiger partial charge in [0.1, 0.15) is 0 Å². The smallest absolute Gasteiger partial charge is 0.291 e. The Morgan fingerprint density at radius 3 is 2.70 bits per heavy atom. The fourth-order valence-electron chi connectivity index (χ4n) is 1.55. The average Bonchev–Trinajstić information content (AvgIpc) is 2.89. The lowest BCUT2D eigenvalue weighted by atomic mass is 10.3. The zero-order valence-corrected chi connectivity index (χ0v) is 11.0. The molecule has 0 bridgehead atoms. The topological polar surface area (TPSA) is 128 Å². The van der Waals surface area contributed by atoms with Gasteiger partial charge in [0.05, 0.1) is 17.4 Å². The second-order valence-electron chi connectivity index (χ2n) is 3.94. The van der Waals surface area contributed by atoms with Gasteiger partial charge in [-0.3, -0.25) is 10.1 Å². The fourth-order valence-corrected chi connectivity index (χ4v) is 2.72. The molecule has 0 aliphatic carbocycles. The van der Waals surface area contributed by atoms with E-state index in [0.29, 0.717) is 5.56 Å². The molecule has 8 nitrogen and oxygen atoms in total. The number of sulfonamides is 1. The van der Waals surface area contributed by atoms with E-state index in [1.165, 1.54) is 18.6 Å². The van der Waals surface area contributed by atoms with Crippen molar-refractivity contribution in [1.29, 1.82) is 0 Å². The molecule has 0 aliphatic rings. The minimum absolute atomic E-state index is 0.0274. The standard InChI is InChI=1S/C11H11N3O5S/c12-9-1-2-11(10(5-9)14(15)16)20(17,18)13-6-8-3-4-19-7-8/h1-5,7,13H,6,12H2. The maximum Gasteiger partial charge on any atom is 0.291 e. The van der Waals surface area contributed by atoms with Gasteiger partial charge in [-0.25, -0.2) is 13.1 Å². The first-order valence-electron chi connectivity index (χ1n) is 5.45. The molecule has 0 unspecified atom stereocenters. The Balaban J connectivity index is 2.31. The van der Waals surface area contributed by atoms with Gasteiger partial charge in [0.25, 0.3) is 5.69 Å². The van der Waals surface area contributed by atoms with Crippen molar-refractivity contribution in [2.45, 2.75) is 11.4 Å². The zero-order valence-electron chi connectivity index (χ0n) is 10.1. The summed E-state index contributed by atoms with van der Waals surface area (Å²) in [6, 6.07) is 4.98. The highest BCUT2D eigenvalue weighted by atomic mass is 32.2. The number of nitrogens with zero attached hydrogens (tertiary/aromatic N) is 1. The molecular weight excluding hydrogens is 286 g/mol. The van der Waals surface area contributed by atoms with Gasteiger partial charge < -0.3 is 10.2 Å². The van der Waals surface area contributed by atoms with Crippen LogP contribution < -0.4 is 10.5 Å². The largest absolute Gasteiger partial charge is 0.472 e. The summed E-state index contributed by atoms with van der Waals surface area (Å²) in [6.07, 6.45) is 2.77. The molecule has 2 rings (SSSR count). The lowest BCUT2D eigenvalue weighted by Crippen LogP contribution is -2.23. The first kappa shape index (κ1) is 14.0. The van der Waals surface area contributed by atoms with Gasteiger partial charge in [-0.2, -0.15) is 0 Å². The predicted molar refractivity (Wildman–Crippen MR) is 70.2 cm³/mol. The van der Waals surface area contributed by atoms with Crippen LogP contribution in [-0.2, 0) is 16.6 Å². The number of furan rings is 1. The van der Waals surface area contributed by atoms with Crippen molar-refractivity contribution in [1.82, 2.24) is 4.72 Å². The summed E-state index contributed by atoms with van der Waals surface area (Å²) in [5.41, 5.74) is 5.58. The molecule has 0 radical (unpaired) electrons. The average molecular weight is 297 g/mol. The molecule has 0 spiro atoms. The van der Waals surface area contributed by atoms with E-state index in [4.69, 9.17) is 10.2 Å². The third kappa shape index (κ3) is 2.95. The van der Waals surface area contributed by atoms with Crippen molar-refractivity contribution in [3.63, 3.8) is 0 Å². The van der Waals surface area contributed by atoms with Crippen molar-refractivity contribution in [3.05, 3.63) is 52.5 Å². The summed E-state index contributed by atoms with van der Waals surface area (Å²) < 4.78 is 31.2. The van der Waals surface area contributed by atoms with Crippen LogP contribution in [0.25, 0.3) is 0 Å². The van der Waals surface area contributed by atoms with Gasteiger partial charge in [0.15, 0.2) is 4.90 Å². The second kappa shape index (κ2) is 5.31. The molecule has 20 heavy (non-hydrogen) atoms. The Hall–Kier alpha value is -2.39. The van der Waals surface area contributed by atoms with Gasteiger partial charge in [-0.05, 0) is 18.2 Å². The van der Waals surface area contributed by atoms with Crippen LogP contribution in [0.3, 0.4) is 0 Å². The van der Waals surface area contributed by atoms with Gasteiger partial charge >= 0.3 is 0 Å². The van der Waals surface area contributed by atoms with Crippen molar-refractivity contribution in [3.8, 4) is 0 Å². The number of benzene rings is 1. The van der Waals surface area contributed by atoms with Crippen LogP contribution in [0, 0.1) is 10.1 Å². The Bertz CT molecular complexity index is 725. The summed E-state index contributed by atoms with van der Waals surface area (Å²) in [7, 11) is -4.02. The Morgan fingerprint density at radius 2 is 2.10 bits per heavy atom. The number of rotatable bonds is 5. The van der Waals surface area contributed by atoms with E-state index in [0.717, 1.165) is 12.1 Å². The first-order valence-corrected chi connectivity index (χ1v) is 6.93. The normalized spacial score (nSPS) is 11.4. The minimum atomic E-state index is -4.02. The molecule has 0 saturated heterocycles. The molecule has 2 aromatic rings. The van der Waals surface area contributed by atoms with Crippen LogP contribution in [-0.4, -0.2) is 13.3 Å². The molecule has 0 saturated carbocycles. The molecule has 0 amide bonds. The maximum absolute atomic E-state index is 12.1. The predicted octanol–water partition coefficient (Wildman–Crippen LogP) is 1.25. The summed E-state index contributed by atoms with van der Waals surface area (Å²) in [5.74, 6) is 0. The highest BCUT2D eigenvalue weighted by Gasteiger charge is 2.25. The van der Waals surface area contributed by atoms with Crippen molar-refractivity contribution in [2.24, 2.45) is 0 Å². The molecule has 0 aliphatic heterocycles. The third-order valence-electron chi connectivity index (χ3n) is 2.52. The van der Waals surface area contributed by atoms with Crippen molar-refractivity contribution < 1.29 is 17.8 Å². The summed E-state index contributed by atoms with van der Waals surface area (Å²) in [5, 5.41) is 10.9. The van der Waals surface area contributed by atoms with Crippen LogP contribution in [0.4, 0.5) is 11.4 Å². The number of nitrogens with two attached hydrogens (primary N) is 1. The van der Waals surface area contributed by atoms with E-state index in [1.54, 1.807) is 6.07 Å². The lowest BCUT2D eigenvalue weighted by Gasteiger charge is -2.06. The molecule has 1 aromatic carbocycles. The van der Waals surface area contributed by atoms with Crippen molar-refractivity contribution >= 4 is 21.4 Å². The lowest BCUT2D eigenvalue weighted by molar-refractivity contribution is -0.387. The SMILES string of the molecule is Nc1ccc(S(=O)(=O)NCc2ccoc2)c([N+](=O)[O-])c1. The molecule has 0 fully saturated rings. The summed E-state index contributed by atoms with van der Waals surface area (Å²) in [4.78, 5) is 9.68. The zero-order chi connectivity index (χ0) is 14.8. The molecular formula is C11H11N3O5S. The Morgan fingerprint density at radius 1 is 1.35 bits per heavy atom. The highest BCUT2D eigenvalue weighted by Crippen LogP contribution is 2.25. The van der Waals surface area contributed by atoms with E-state index in [1.807, 2.05) is 0 Å². The van der Waals surface area contributed by atoms with E-state index in [2.05, 4.69) is 4.72 Å². The van der Waals surface area contributed by atoms with Gasteiger partial charge in [-0.15, -0.1) is 0 Å². The Labute approximate surface area is 114 Å². The van der Waals surface area contributed by atoms with Gasteiger partial charge in [-0.1, -0.05) is 0 Å². The van der Waals surface area contributed by atoms with Crippen LogP contribution in [0.1, 0.15) is 5.56 Å². The summed E-state index contributed by atoms with van der Waals surface area (Å²) >= 11 is 0. The Kier molecular flexibility index (Phi) is 3.72. The number of nitrogens with one attached hydrogen (secondary N) is 1. The number of nitrogen functional groups attached to an aromatic ring is 1. The molecule has 0 atom stereocenters. The molecule has 3 N–H and O–H groups in total. The van der Waals surface area contributed by atoms with Gasteiger partial charge in [0, 0.05) is 23.9 Å². The number of anilines is 1. The first-order chi connectivity index (χ1) is 9.40. The molecule has 106 valence electrons. The highest BCUT2D eigenvalue weighted by molar-refractivity contribution is 7.89. The van der Waals surface area contributed by atoms with Crippen LogP contribution >= 0.6 is 0 Å². The fraction of sp³-hybridized carbons (Fsp3) is 0.0909. The summed E-state index contributed by atoms with van der Waals surface area (Å²) in [6.45, 7) is -0.0274. The van der Waals surface area contributed by atoms with Gasteiger partial charge in [0.2, 0.25) is 10.0 Å². The van der Waals surface area contributed by atoms with E-state index < -0.39 is 25.5 Å². The number of hydrogen-bond donors (Lipinski definition) is 2. The number of nitro groups is 1. The third-order valence-corrected chi connectivity index (χ3v) is 3.96. The second-order valence-corrected chi connectivity index (χ2v) is 5.68. The number of nitro benzene ring substituents is 1. The molecule has 1 heterocycles. The minimum Gasteiger partial charge on any atom is -0.472 e. The quantitative estimate of drug-likeness (QED) is 0.485. The monoisotopic (exact) mass is 297 g/mol. The van der Waals surface area contributed by atoms with Crippen molar-refractivity contribution in [2.75, 3.05) is 5.73 Å². The molecule has 9 heteroatoms. The van der Waals surface area contributed by atoms with Crippen LogP contribution in [0.2, 0.25) is 0 Å². The molecule has 1 aromatic heterocycles. The van der Waals surface area contributed by atoms with E-state index >= 15 is 0 Å². The van der Waals surface area contributed by atoms with E-state index in [-0.39, 0.29) is 12.2 Å². The maximum atomic E-state index is 12.1. The van der Waals surface area contributed by atoms with Crippen LogP contribution in [0.15, 0.2) is 46.1 Å². The van der Waals surface area contributed by atoms with Crippen LogP contribution in [0.5, 0.6) is 0 Å².